The van der Waals surface area contributed by atoms with Gasteiger partial charge < -0.3 is 24.5 Å². The van der Waals surface area contributed by atoms with Crippen molar-refractivity contribution in [3.05, 3.63) is 24.2 Å². The second-order valence-corrected chi connectivity index (χ2v) is 7.71. The summed E-state index contributed by atoms with van der Waals surface area (Å²) >= 11 is 0. The third kappa shape index (κ3) is 7.18. The van der Waals surface area contributed by atoms with Crippen LogP contribution >= 0.6 is 0 Å². The molecule has 1 saturated heterocycles. The Labute approximate surface area is 163 Å². The van der Waals surface area contributed by atoms with Crippen LogP contribution in [0.5, 0.6) is 0 Å². The summed E-state index contributed by atoms with van der Waals surface area (Å²) < 4.78 is 16.6. The summed E-state index contributed by atoms with van der Waals surface area (Å²) in [7, 11) is 0. The molecule has 3 atom stereocenters. The topological polar surface area (TPSA) is 68.0 Å². The molecule has 6 nitrogen and oxygen atoms in total. The molecule has 0 aromatic carbocycles. The summed E-state index contributed by atoms with van der Waals surface area (Å²) in [6.07, 6.45) is 9.99. The number of ether oxygens (including phenoxy) is 2. The van der Waals surface area contributed by atoms with Crippen molar-refractivity contribution in [1.29, 1.82) is 0 Å². The van der Waals surface area contributed by atoms with E-state index >= 15 is 0 Å². The van der Waals surface area contributed by atoms with Crippen LogP contribution < -0.4 is 10.6 Å². The van der Waals surface area contributed by atoms with E-state index in [1.807, 2.05) is 12.1 Å². The van der Waals surface area contributed by atoms with Gasteiger partial charge in [-0.3, -0.25) is 4.99 Å². The Hall–Kier alpha value is -1.53. The van der Waals surface area contributed by atoms with Gasteiger partial charge in [0.15, 0.2) is 5.96 Å². The Morgan fingerprint density at radius 3 is 3.00 bits per heavy atom. The highest BCUT2D eigenvalue weighted by Crippen LogP contribution is 2.23. The molecule has 0 spiro atoms. The molecule has 152 valence electrons. The predicted octanol–water partition coefficient (Wildman–Crippen LogP) is 3.13. The van der Waals surface area contributed by atoms with Gasteiger partial charge in [0.2, 0.25) is 0 Å². The fraction of sp³-hybridized carbons (Fsp3) is 0.762. The third-order valence-corrected chi connectivity index (χ3v) is 5.49. The van der Waals surface area contributed by atoms with E-state index in [0.717, 1.165) is 63.9 Å². The number of aliphatic imine (C=N–C) groups is 1. The van der Waals surface area contributed by atoms with E-state index in [9.17, 15) is 0 Å². The quantitative estimate of drug-likeness (QED) is 0.393. The van der Waals surface area contributed by atoms with E-state index in [0.29, 0.717) is 12.0 Å². The smallest absolute Gasteiger partial charge is 0.191 e. The SMILES string of the molecule is CC1CCCCC1NC(=NCCCOC1CCOC1)NCCc1ccco1. The highest BCUT2D eigenvalue weighted by atomic mass is 16.5. The molecule has 1 aromatic heterocycles. The molecule has 0 bridgehead atoms. The first kappa shape index (κ1) is 20.2. The molecule has 1 aliphatic carbocycles. The number of nitrogens with one attached hydrogen (secondary N) is 2. The molecule has 1 aliphatic heterocycles. The van der Waals surface area contributed by atoms with Crippen molar-refractivity contribution in [2.45, 2.75) is 64.0 Å². The Morgan fingerprint density at radius 1 is 1.30 bits per heavy atom. The maximum Gasteiger partial charge on any atom is 0.191 e. The van der Waals surface area contributed by atoms with Crippen molar-refractivity contribution in [1.82, 2.24) is 10.6 Å². The van der Waals surface area contributed by atoms with E-state index in [1.165, 1.54) is 25.7 Å². The standard InChI is InChI=1S/C21H35N3O3/c1-17-6-2-3-8-20(17)24-21(23-12-9-18-7-4-13-26-18)22-11-5-14-27-19-10-15-25-16-19/h4,7,13,17,19-20H,2-3,5-6,8-12,14-16H2,1H3,(H2,22,23,24). The molecule has 2 N–H and O–H groups in total. The zero-order chi connectivity index (χ0) is 18.7. The second-order valence-electron chi connectivity index (χ2n) is 7.71. The van der Waals surface area contributed by atoms with Gasteiger partial charge in [0.1, 0.15) is 5.76 Å². The molecule has 6 heteroatoms. The van der Waals surface area contributed by atoms with Crippen molar-refractivity contribution < 1.29 is 13.9 Å². The van der Waals surface area contributed by atoms with Gasteiger partial charge in [-0.25, -0.2) is 0 Å². The van der Waals surface area contributed by atoms with Crippen molar-refractivity contribution >= 4 is 5.96 Å². The fourth-order valence-electron chi connectivity index (χ4n) is 3.77. The maximum atomic E-state index is 5.83. The lowest BCUT2D eigenvalue weighted by atomic mass is 9.86. The third-order valence-electron chi connectivity index (χ3n) is 5.49. The lowest BCUT2D eigenvalue weighted by molar-refractivity contribution is 0.0424. The molecule has 2 aliphatic rings. The van der Waals surface area contributed by atoms with Crippen LogP contribution in [0.1, 0.15) is 51.2 Å². The minimum Gasteiger partial charge on any atom is -0.469 e. The molecule has 1 aromatic rings. The monoisotopic (exact) mass is 377 g/mol. The van der Waals surface area contributed by atoms with Gasteiger partial charge >= 0.3 is 0 Å². The van der Waals surface area contributed by atoms with Crippen molar-refractivity contribution in [3.8, 4) is 0 Å². The largest absolute Gasteiger partial charge is 0.469 e. The maximum absolute atomic E-state index is 5.83. The molecule has 3 unspecified atom stereocenters. The van der Waals surface area contributed by atoms with Crippen LogP contribution in [0, 0.1) is 5.92 Å². The number of rotatable bonds is 9. The first-order chi connectivity index (χ1) is 13.3. The fourth-order valence-corrected chi connectivity index (χ4v) is 3.77. The first-order valence-corrected chi connectivity index (χ1v) is 10.6. The molecule has 0 radical (unpaired) electrons. The van der Waals surface area contributed by atoms with Crippen LogP contribution in [0.15, 0.2) is 27.8 Å². The van der Waals surface area contributed by atoms with Crippen molar-refractivity contribution in [3.63, 3.8) is 0 Å². The normalized spacial score (nSPS) is 26.3. The van der Waals surface area contributed by atoms with Crippen LogP contribution in [0.3, 0.4) is 0 Å². The molecule has 3 rings (SSSR count). The summed E-state index contributed by atoms with van der Waals surface area (Å²) in [4.78, 5) is 4.79. The van der Waals surface area contributed by atoms with E-state index in [-0.39, 0.29) is 6.10 Å². The molecular weight excluding hydrogens is 342 g/mol. The van der Waals surface area contributed by atoms with Crippen LogP contribution in [-0.2, 0) is 15.9 Å². The van der Waals surface area contributed by atoms with Gasteiger partial charge in [-0.1, -0.05) is 19.8 Å². The van der Waals surface area contributed by atoms with Gasteiger partial charge in [-0.15, -0.1) is 0 Å². The predicted molar refractivity (Wildman–Crippen MR) is 107 cm³/mol. The summed E-state index contributed by atoms with van der Waals surface area (Å²) in [6.45, 7) is 6.24. The summed E-state index contributed by atoms with van der Waals surface area (Å²) in [5.41, 5.74) is 0. The van der Waals surface area contributed by atoms with E-state index in [1.54, 1.807) is 6.26 Å². The second kappa shape index (κ2) is 11.3. The lowest BCUT2D eigenvalue weighted by Gasteiger charge is -2.31. The molecule has 2 fully saturated rings. The minimum atomic E-state index is 0.279. The highest BCUT2D eigenvalue weighted by molar-refractivity contribution is 5.80. The average molecular weight is 378 g/mol. The zero-order valence-electron chi connectivity index (χ0n) is 16.6. The number of guanidine groups is 1. The van der Waals surface area contributed by atoms with Crippen molar-refractivity contribution in [2.75, 3.05) is 32.9 Å². The Kier molecular flexibility index (Phi) is 8.49. The number of nitrogens with zero attached hydrogens (tertiary/aromatic N) is 1. The van der Waals surface area contributed by atoms with Crippen LogP contribution in [0.2, 0.25) is 0 Å². The molecule has 27 heavy (non-hydrogen) atoms. The molecular formula is C21H35N3O3. The molecule has 0 amide bonds. The number of hydrogen-bond donors (Lipinski definition) is 2. The zero-order valence-corrected chi connectivity index (χ0v) is 16.6. The summed E-state index contributed by atoms with van der Waals surface area (Å²) in [6, 6.07) is 4.46. The number of furan rings is 1. The average Bonchev–Trinajstić information content (AvgIpc) is 3.37. The van der Waals surface area contributed by atoms with E-state index in [4.69, 9.17) is 18.9 Å². The molecule has 1 saturated carbocycles. The number of hydrogen-bond acceptors (Lipinski definition) is 4. The van der Waals surface area contributed by atoms with Crippen LogP contribution in [-0.4, -0.2) is 51.0 Å². The Bertz CT molecular complexity index is 541. The van der Waals surface area contributed by atoms with Crippen LogP contribution in [0.25, 0.3) is 0 Å². The van der Waals surface area contributed by atoms with E-state index in [2.05, 4.69) is 17.6 Å². The highest BCUT2D eigenvalue weighted by Gasteiger charge is 2.22. The van der Waals surface area contributed by atoms with Gasteiger partial charge in [0.05, 0.1) is 19.0 Å². The minimum absolute atomic E-state index is 0.279. The summed E-state index contributed by atoms with van der Waals surface area (Å²) in [5, 5.41) is 7.14. The van der Waals surface area contributed by atoms with Gasteiger partial charge in [0, 0.05) is 38.8 Å². The Balaban J connectivity index is 1.43. The van der Waals surface area contributed by atoms with Gasteiger partial charge in [-0.2, -0.15) is 0 Å². The molecule has 2 heterocycles. The Morgan fingerprint density at radius 2 is 2.22 bits per heavy atom. The van der Waals surface area contributed by atoms with E-state index < -0.39 is 0 Å². The first-order valence-electron chi connectivity index (χ1n) is 10.6. The van der Waals surface area contributed by atoms with Crippen molar-refractivity contribution in [2.24, 2.45) is 10.9 Å². The van der Waals surface area contributed by atoms with Crippen LogP contribution in [0.4, 0.5) is 0 Å². The van der Waals surface area contributed by atoms with Gasteiger partial charge in [0.25, 0.3) is 0 Å². The lowest BCUT2D eigenvalue weighted by Crippen LogP contribution is -2.47. The van der Waals surface area contributed by atoms with Gasteiger partial charge in [-0.05, 0) is 43.7 Å². The summed E-state index contributed by atoms with van der Waals surface area (Å²) in [5.74, 6) is 2.62.